The Labute approximate surface area is 138 Å². The molecule has 3 aromatic rings. The first-order valence-corrected chi connectivity index (χ1v) is 7.43. The SMILES string of the molecule is OC(c1ccc(Oc2ccccc2)cc1Cl)c1c[nH]cc1Cl. The van der Waals surface area contributed by atoms with Gasteiger partial charge in [0.05, 0.1) is 10.0 Å². The summed E-state index contributed by atoms with van der Waals surface area (Å²) in [6.45, 7) is 0. The van der Waals surface area contributed by atoms with Gasteiger partial charge in [-0.05, 0) is 24.3 Å². The maximum absolute atomic E-state index is 10.4. The molecule has 0 saturated carbocycles. The van der Waals surface area contributed by atoms with Gasteiger partial charge >= 0.3 is 0 Å². The van der Waals surface area contributed by atoms with E-state index in [1.54, 1.807) is 30.6 Å². The second kappa shape index (κ2) is 6.44. The van der Waals surface area contributed by atoms with Crippen LogP contribution in [0.15, 0.2) is 60.9 Å². The first kappa shape index (κ1) is 15.0. The molecular formula is C17H13Cl2NO2. The van der Waals surface area contributed by atoms with Crippen molar-refractivity contribution in [3.05, 3.63) is 82.1 Å². The maximum Gasteiger partial charge on any atom is 0.128 e. The van der Waals surface area contributed by atoms with Crippen LogP contribution in [-0.2, 0) is 0 Å². The molecule has 2 aromatic carbocycles. The number of rotatable bonds is 4. The minimum Gasteiger partial charge on any atom is -0.457 e. The highest BCUT2D eigenvalue weighted by atomic mass is 35.5. The molecule has 0 bridgehead atoms. The fraction of sp³-hybridized carbons (Fsp3) is 0.0588. The number of nitrogens with one attached hydrogen (secondary N) is 1. The van der Waals surface area contributed by atoms with Crippen LogP contribution in [-0.4, -0.2) is 10.1 Å². The first-order chi connectivity index (χ1) is 10.6. The van der Waals surface area contributed by atoms with Crippen LogP contribution < -0.4 is 4.74 Å². The quantitative estimate of drug-likeness (QED) is 0.689. The van der Waals surface area contributed by atoms with E-state index in [1.165, 1.54) is 0 Å². The summed E-state index contributed by atoms with van der Waals surface area (Å²) in [7, 11) is 0. The van der Waals surface area contributed by atoms with Crippen molar-refractivity contribution in [2.45, 2.75) is 6.10 Å². The number of aromatic nitrogens is 1. The number of benzene rings is 2. The van der Waals surface area contributed by atoms with Gasteiger partial charge in [-0.3, -0.25) is 0 Å². The van der Waals surface area contributed by atoms with Crippen molar-refractivity contribution in [2.24, 2.45) is 0 Å². The Kier molecular flexibility index (Phi) is 4.39. The standard InChI is InChI=1S/C17H13Cl2NO2/c18-15-8-12(22-11-4-2-1-3-5-11)6-7-13(15)17(21)14-9-20-10-16(14)19/h1-10,17,20-21H. The van der Waals surface area contributed by atoms with Gasteiger partial charge in [0.25, 0.3) is 0 Å². The van der Waals surface area contributed by atoms with Crippen molar-refractivity contribution in [2.75, 3.05) is 0 Å². The number of H-pyrrole nitrogens is 1. The third kappa shape index (κ3) is 3.12. The molecule has 0 spiro atoms. The van der Waals surface area contributed by atoms with E-state index < -0.39 is 6.10 Å². The zero-order valence-electron chi connectivity index (χ0n) is 11.5. The number of aliphatic hydroxyl groups is 1. The van der Waals surface area contributed by atoms with Crippen molar-refractivity contribution >= 4 is 23.2 Å². The van der Waals surface area contributed by atoms with E-state index in [9.17, 15) is 5.11 Å². The Morgan fingerprint density at radius 2 is 1.64 bits per heavy atom. The highest BCUT2D eigenvalue weighted by Gasteiger charge is 2.18. The second-order valence-electron chi connectivity index (χ2n) is 4.76. The van der Waals surface area contributed by atoms with Gasteiger partial charge in [0.1, 0.15) is 17.6 Å². The van der Waals surface area contributed by atoms with Crippen molar-refractivity contribution in [1.29, 1.82) is 0 Å². The monoisotopic (exact) mass is 333 g/mol. The lowest BCUT2D eigenvalue weighted by molar-refractivity contribution is 0.220. The van der Waals surface area contributed by atoms with Gasteiger partial charge in [-0.15, -0.1) is 0 Å². The molecule has 1 heterocycles. The molecule has 0 amide bonds. The number of para-hydroxylation sites is 1. The third-order valence-electron chi connectivity index (χ3n) is 3.26. The number of aromatic amines is 1. The second-order valence-corrected chi connectivity index (χ2v) is 5.57. The molecule has 0 aliphatic heterocycles. The van der Waals surface area contributed by atoms with Gasteiger partial charge in [-0.2, -0.15) is 0 Å². The topological polar surface area (TPSA) is 45.2 Å². The Bertz CT molecular complexity index is 771. The highest BCUT2D eigenvalue weighted by Crippen LogP contribution is 2.34. The van der Waals surface area contributed by atoms with Gasteiger partial charge in [0.15, 0.2) is 0 Å². The van der Waals surface area contributed by atoms with E-state index in [-0.39, 0.29) is 0 Å². The largest absolute Gasteiger partial charge is 0.457 e. The summed E-state index contributed by atoms with van der Waals surface area (Å²) >= 11 is 12.3. The predicted molar refractivity (Wildman–Crippen MR) is 87.8 cm³/mol. The van der Waals surface area contributed by atoms with Crippen molar-refractivity contribution < 1.29 is 9.84 Å². The Morgan fingerprint density at radius 1 is 0.864 bits per heavy atom. The lowest BCUT2D eigenvalue weighted by Gasteiger charge is -2.13. The maximum atomic E-state index is 10.4. The minimum absolute atomic E-state index is 0.415. The van der Waals surface area contributed by atoms with Gasteiger partial charge in [-0.25, -0.2) is 0 Å². The predicted octanol–water partition coefficient (Wildman–Crippen LogP) is 5.20. The van der Waals surface area contributed by atoms with Crippen LogP contribution in [0.25, 0.3) is 0 Å². The van der Waals surface area contributed by atoms with Crippen LogP contribution in [0.1, 0.15) is 17.2 Å². The zero-order valence-corrected chi connectivity index (χ0v) is 13.0. The zero-order chi connectivity index (χ0) is 15.5. The highest BCUT2D eigenvalue weighted by molar-refractivity contribution is 6.32. The molecule has 1 unspecified atom stereocenters. The third-order valence-corrected chi connectivity index (χ3v) is 3.92. The van der Waals surface area contributed by atoms with Gasteiger partial charge in [0, 0.05) is 23.5 Å². The molecular weight excluding hydrogens is 321 g/mol. The average molecular weight is 334 g/mol. The molecule has 1 aromatic heterocycles. The Balaban J connectivity index is 1.85. The number of halogens is 2. The Hall–Kier alpha value is -1.94. The molecule has 22 heavy (non-hydrogen) atoms. The molecule has 3 rings (SSSR count). The lowest BCUT2D eigenvalue weighted by atomic mass is 10.0. The molecule has 3 nitrogen and oxygen atoms in total. The summed E-state index contributed by atoms with van der Waals surface area (Å²) in [5, 5.41) is 11.3. The molecule has 0 radical (unpaired) electrons. The van der Waals surface area contributed by atoms with Crippen LogP contribution in [0.5, 0.6) is 11.5 Å². The van der Waals surface area contributed by atoms with E-state index in [0.717, 1.165) is 5.75 Å². The number of hydrogen-bond acceptors (Lipinski definition) is 2. The minimum atomic E-state index is -0.892. The lowest BCUT2D eigenvalue weighted by Crippen LogP contribution is -2.00. The fourth-order valence-corrected chi connectivity index (χ4v) is 2.65. The smallest absolute Gasteiger partial charge is 0.128 e. The number of hydrogen-bond donors (Lipinski definition) is 2. The summed E-state index contributed by atoms with van der Waals surface area (Å²) in [6, 6.07) is 14.6. The van der Waals surface area contributed by atoms with Crippen LogP contribution in [0, 0.1) is 0 Å². The molecule has 2 N–H and O–H groups in total. The number of aliphatic hydroxyl groups excluding tert-OH is 1. The van der Waals surface area contributed by atoms with E-state index in [2.05, 4.69) is 4.98 Å². The molecule has 0 aliphatic rings. The van der Waals surface area contributed by atoms with Crippen molar-refractivity contribution in [1.82, 2.24) is 4.98 Å². The molecule has 5 heteroatoms. The first-order valence-electron chi connectivity index (χ1n) is 6.68. The van der Waals surface area contributed by atoms with E-state index in [0.29, 0.717) is 26.9 Å². The fourth-order valence-electron chi connectivity index (χ4n) is 2.15. The molecule has 112 valence electrons. The number of ether oxygens (including phenoxy) is 1. The van der Waals surface area contributed by atoms with Crippen molar-refractivity contribution in [3.8, 4) is 11.5 Å². The molecule has 0 saturated heterocycles. The van der Waals surface area contributed by atoms with Gasteiger partial charge in [0.2, 0.25) is 0 Å². The average Bonchev–Trinajstić information content (AvgIpc) is 2.94. The summed E-state index contributed by atoms with van der Waals surface area (Å²) in [6.07, 6.45) is 2.37. The Morgan fingerprint density at radius 3 is 2.27 bits per heavy atom. The van der Waals surface area contributed by atoms with Crippen LogP contribution >= 0.6 is 23.2 Å². The van der Waals surface area contributed by atoms with Crippen LogP contribution in [0.2, 0.25) is 10.0 Å². The van der Waals surface area contributed by atoms with E-state index in [1.807, 2.05) is 30.3 Å². The van der Waals surface area contributed by atoms with Crippen LogP contribution in [0.4, 0.5) is 0 Å². The van der Waals surface area contributed by atoms with Gasteiger partial charge in [-0.1, -0.05) is 47.5 Å². The molecule has 0 fully saturated rings. The van der Waals surface area contributed by atoms with Gasteiger partial charge < -0.3 is 14.8 Å². The van der Waals surface area contributed by atoms with E-state index in [4.69, 9.17) is 27.9 Å². The normalized spacial score (nSPS) is 12.1. The van der Waals surface area contributed by atoms with E-state index >= 15 is 0 Å². The van der Waals surface area contributed by atoms with Crippen LogP contribution in [0.3, 0.4) is 0 Å². The molecule has 1 atom stereocenters. The molecule has 0 aliphatic carbocycles. The summed E-state index contributed by atoms with van der Waals surface area (Å²) in [5.74, 6) is 1.33. The summed E-state index contributed by atoms with van der Waals surface area (Å²) in [4.78, 5) is 2.85. The summed E-state index contributed by atoms with van der Waals surface area (Å²) in [5.41, 5.74) is 1.16. The summed E-state index contributed by atoms with van der Waals surface area (Å²) < 4.78 is 5.71. The van der Waals surface area contributed by atoms with Crippen molar-refractivity contribution in [3.63, 3.8) is 0 Å².